The van der Waals surface area contributed by atoms with Gasteiger partial charge < -0.3 is 4.52 Å². The van der Waals surface area contributed by atoms with Crippen LogP contribution >= 0.6 is 0 Å². The highest BCUT2D eigenvalue weighted by Gasteiger charge is 2.35. The third-order valence-electron chi connectivity index (χ3n) is 4.30. The van der Waals surface area contributed by atoms with Gasteiger partial charge in [-0.1, -0.05) is 17.3 Å². The highest BCUT2D eigenvalue weighted by Crippen LogP contribution is 2.35. The second kappa shape index (κ2) is 7.85. The first-order chi connectivity index (χ1) is 12.6. The first-order valence-corrected chi connectivity index (χ1v) is 7.98. The Balaban J connectivity index is 2.53. The zero-order chi connectivity index (χ0) is 20.3. The Morgan fingerprint density at radius 3 is 2.07 bits per heavy atom. The molecule has 1 aromatic carbocycles. The van der Waals surface area contributed by atoms with Gasteiger partial charge in [0.25, 0.3) is 5.69 Å². The second-order valence-electron chi connectivity index (χ2n) is 6.16. The number of nitro benzene ring substituents is 1. The van der Waals surface area contributed by atoms with Crippen molar-refractivity contribution in [3.8, 4) is 0 Å². The topological polar surface area (TPSA) is 146 Å². The van der Waals surface area contributed by atoms with Crippen molar-refractivity contribution in [3.05, 3.63) is 61.5 Å². The number of ketones is 2. The van der Waals surface area contributed by atoms with E-state index in [1.165, 1.54) is 45.0 Å². The molecule has 0 bridgehead atoms. The van der Waals surface area contributed by atoms with Gasteiger partial charge in [-0.05, 0) is 26.3 Å². The van der Waals surface area contributed by atoms with E-state index >= 15 is 0 Å². The van der Waals surface area contributed by atoms with Crippen LogP contribution in [0.15, 0.2) is 28.8 Å². The molecule has 0 spiro atoms. The Labute approximate surface area is 153 Å². The van der Waals surface area contributed by atoms with Gasteiger partial charge in [0.15, 0.2) is 5.69 Å². The van der Waals surface area contributed by atoms with Gasteiger partial charge in [-0.3, -0.25) is 29.8 Å². The van der Waals surface area contributed by atoms with Crippen molar-refractivity contribution in [2.45, 2.75) is 33.1 Å². The van der Waals surface area contributed by atoms with Crippen molar-refractivity contribution in [1.29, 1.82) is 0 Å². The lowest BCUT2D eigenvalue weighted by Gasteiger charge is -2.22. The largest absolute Gasteiger partial charge is 0.354 e. The van der Waals surface area contributed by atoms with Gasteiger partial charge in [0.05, 0.1) is 15.8 Å². The predicted molar refractivity (Wildman–Crippen MR) is 92.3 cm³/mol. The second-order valence-corrected chi connectivity index (χ2v) is 6.16. The Morgan fingerprint density at radius 2 is 1.63 bits per heavy atom. The van der Waals surface area contributed by atoms with Crippen LogP contribution in [0.2, 0.25) is 0 Å². The minimum Gasteiger partial charge on any atom is -0.354 e. The number of nitrogens with zero attached hydrogens (tertiary/aromatic N) is 3. The Bertz CT molecular complexity index is 888. The summed E-state index contributed by atoms with van der Waals surface area (Å²) in [6, 6.07) is 5.35. The molecule has 0 aliphatic carbocycles. The number of nitro groups is 2. The number of carbonyl (C=O) groups excluding carboxylic acids is 2. The predicted octanol–water partition coefficient (Wildman–Crippen LogP) is 2.92. The maximum Gasteiger partial charge on any atom is 0.334 e. The summed E-state index contributed by atoms with van der Waals surface area (Å²) < 4.78 is 5.06. The van der Waals surface area contributed by atoms with E-state index < -0.39 is 33.2 Å². The standard InChI is InChI=1S/C17H17N3O7/c1-9-17(20(25)26)15(27-18-9)8-14(16(10(2)21)11(3)22)12-4-6-13(7-5-12)19(23)24/h4-7,14,16H,8H2,1-3H3. The first kappa shape index (κ1) is 19.9. The van der Waals surface area contributed by atoms with Gasteiger partial charge in [0, 0.05) is 24.5 Å². The van der Waals surface area contributed by atoms with Gasteiger partial charge in [0.2, 0.25) is 5.76 Å². The molecule has 0 saturated heterocycles. The molecule has 0 aliphatic rings. The summed E-state index contributed by atoms with van der Waals surface area (Å²) in [5, 5.41) is 25.7. The van der Waals surface area contributed by atoms with E-state index in [1.807, 2.05) is 0 Å². The van der Waals surface area contributed by atoms with Crippen molar-refractivity contribution in [1.82, 2.24) is 5.16 Å². The SMILES string of the molecule is CC(=O)C(C(C)=O)C(Cc1onc(C)c1[N+](=O)[O-])c1ccc([N+](=O)[O-])cc1. The van der Waals surface area contributed by atoms with E-state index in [9.17, 15) is 29.8 Å². The molecule has 0 N–H and O–H groups in total. The van der Waals surface area contributed by atoms with E-state index in [4.69, 9.17) is 4.52 Å². The average Bonchev–Trinajstić information content (AvgIpc) is 2.94. The lowest BCUT2D eigenvalue weighted by molar-refractivity contribution is -0.386. The Hall–Kier alpha value is -3.43. The third-order valence-corrected chi connectivity index (χ3v) is 4.30. The number of benzene rings is 1. The molecule has 1 atom stereocenters. The van der Waals surface area contributed by atoms with Crippen LogP contribution in [-0.4, -0.2) is 26.6 Å². The van der Waals surface area contributed by atoms with Crippen LogP contribution in [0.25, 0.3) is 0 Å². The number of rotatable bonds is 8. The van der Waals surface area contributed by atoms with Crippen molar-refractivity contribution in [2.24, 2.45) is 5.92 Å². The number of hydrogen-bond donors (Lipinski definition) is 0. The fourth-order valence-corrected chi connectivity index (χ4v) is 3.10. The molecular formula is C17H17N3O7. The first-order valence-electron chi connectivity index (χ1n) is 7.98. The molecule has 142 valence electrons. The smallest absolute Gasteiger partial charge is 0.334 e. The van der Waals surface area contributed by atoms with Crippen LogP contribution < -0.4 is 0 Å². The highest BCUT2D eigenvalue weighted by molar-refractivity contribution is 6.01. The molecular weight excluding hydrogens is 358 g/mol. The summed E-state index contributed by atoms with van der Waals surface area (Å²) in [4.78, 5) is 45.1. The molecule has 27 heavy (non-hydrogen) atoms. The van der Waals surface area contributed by atoms with E-state index in [0.717, 1.165) is 0 Å². The molecule has 10 heteroatoms. The number of aryl methyl sites for hydroxylation is 1. The number of non-ortho nitro benzene ring substituents is 1. The summed E-state index contributed by atoms with van der Waals surface area (Å²) >= 11 is 0. The molecule has 0 fully saturated rings. The molecule has 1 heterocycles. The van der Waals surface area contributed by atoms with Gasteiger partial charge in [0.1, 0.15) is 11.6 Å². The summed E-state index contributed by atoms with van der Waals surface area (Å²) in [6.07, 6.45) is -0.126. The molecule has 1 aromatic heterocycles. The van der Waals surface area contributed by atoms with Crippen LogP contribution in [0.4, 0.5) is 11.4 Å². The van der Waals surface area contributed by atoms with E-state index in [2.05, 4.69) is 5.16 Å². The minimum atomic E-state index is -1.07. The summed E-state index contributed by atoms with van der Waals surface area (Å²) in [5.74, 6) is -2.74. The van der Waals surface area contributed by atoms with Crippen molar-refractivity contribution in [3.63, 3.8) is 0 Å². The summed E-state index contributed by atoms with van der Waals surface area (Å²) in [7, 11) is 0. The van der Waals surface area contributed by atoms with Crippen LogP contribution in [0.1, 0.15) is 36.8 Å². The van der Waals surface area contributed by atoms with E-state index in [-0.39, 0.29) is 29.2 Å². The summed E-state index contributed by atoms with van der Waals surface area (Å²) in [5.41, 5.74) is 0.0768. The average molecular weight is 375 g/mol. The maximum absolute atomic E-state index is 12.1. The zero-order valence-corrected chi connectivity index (χ0v) is 14.9. The van der Waals surface area contributed by atoms with E-state index in [0.29, 0.717) is 5.56 Å². The normalized spacial score (nSPS) is 12.0. The van der Waals surface area contributed by atoms with Crippen LogP contribution in [0.3, 0.4) is 0 Å². The van der Waals surface area contributed by atoms with Crippen molar-refractivity contribution < 1.29 is 24.0 Å². The number of hydrogen-bond acceptors (Lipinski definition) is 8. The van der Waals surface area contributed by atoms with Crippen LogP contribution in [0.5, 0.6) is 0 Å². The molecule has 0 aliphatic heterocycles. The number of aromatic nitrogens is 1. The molecule has 10 nitrogen and oxygen atoms in total. The highest BCUT2D eigenvalue weighted by atomic mass is 16.6. The molecule has 2 aromatic rings. The minimum absolute atomic E-state index is 0.0617. The fourth-order valence-electron chi connectivity index (χ4n) is 3.10. The number of Topliss-reactive ketones (excluding diaryl/α,β-unsaturated/α-hetero) is 2. The quantitative estimate of drug-likeness (QED) is 0.389. The molecule has 2 rings (SSSR count). The van der Waals surface area contributed by atoms with Gasteiger partial charge in [-0.15, -0.1) is 0 Å². The van der Waals surface area contributed by atoms with Crippen LogP contribution in [0, 0.1) is 33.1 Å². The Kier molecular flexibility index (Phi) is 5.78. The van der Waals surface area contributed by atoms with Gasteiger partial charge in [-0.2, -0.15) is 0 Å². The van der Waals surface area contributed by atoms with Gasteiger partial charge in [-0.25, -0.2) is 0 Å². The molecule has 1 unspecified atom stereocenters. The fraction of sp³-hybridized carbons (Fsp3) is 0.353. The molecule has 0 saturated carbocycles. The number of carbonyl (C=O) groups is 2. The van der Waals surface area contributed by atoms with Crippen LogP contribution in [-0.2, 0) is 16.0 Å². The zero-order valence-electron chi connectivity index (χ0n) is 14.9. The summed E-state index contributed by atoms with van der Waals surface area (Å²) in [6.45, 7) is 3.93. The molecule has 0 radical (unpaired) electrons. The lowest BCUT2D eigenvalue weighted by atomic mass is 9.78. The monoisotopic (exact) mass is 375 g/mol. The molecule has 0 amide bonds. The van der Waals surface area contributed by atoms with Crippen molar-refractivity contribution in [2.75, 3.05) is 0 Å². The lowest BCUT2D eigenvalue weighted by Crippen LogP contribution is -2.28. The Morgan fingerprint density at radius 1 is 1.07 bits per heavy atom. The van der Waals surface area contributed by atoms with E-state index in [1.54, 1.807) is 0 Å². The van der Waals surface area contributed by atoms with Gasteiger partial charge >= 0.3 is 5.69 Å². The third kappa shape index (κ3) is 4.22. The van der Waals surface area contributed by atoms with Crippen molar-refractivity contribution >= 4 is 22.9 Å². The maximum atomic E-state index is 12.1.